The number of nitrogens with two attached hydrogens (primary N) is 1. The Balaban J connectivity index is 2.88. The topological polar surface area (TPSA) is 74.3 Å². The normalized spacial score (nSPS) is 10.4. The predicted octanol–water partition coefficient (Wildman–Crippen LogP) is 0.628. The van der Waals surface area contributed by atoms with E-state index in [0.29, 0.717) is 17.8 Å². The van der Waals surface area contributed by atoms with Gasteiger partial charge >= 0.3 is 10.8 Å². The first-order valence-electron chi connectivity index (χ1n) is 4.83. The molecule has 1 aromatic rings. The average molecular weight is 265 g/mol. The molecule has 0 fully saturated rings. The highest BCUT2D eigenvalue weighted by Gasteiger charge is 2.15. The zero-order valence-corrected chi connectivity index (χ0v) is 10.4. The van der Waals surface area contributed by atoms with Crippen molar-refractivity contribution >= 4 is 28.9 Å². The Hall–Kier alpha value is -0.850. The summed E-state index contributed by atoms with van der Waals surface area (Å²) in [6, 6.07) is 0. The number of hydrogen-bond acceptors (Lipinski definition) is 5. The third-order valence-corrected chi connectivity index (χ3v) is 3.44. The average Bonchev–Trinajstić information content (AvgIpc) is 2.47. The molecule has 0 aromatic carbocycles. The fourth-order valence-corrected chi connectivity index (χ4v) is 2.48. The van der Waals surface area contributed by atoms with Crippen molar-refractivity contribution in [1.29, 1.82) is 0 Å². The number of aromatic nitrogens is 1. The van der Waals surface area contributed by atoms with Gasteiger partial charge in [-0.15, -0.1) is 0 Å². The molecule has 1 heterocycles. The lowest BCUT2D eigenvalue weighted by molar-refractivity contribution is -0.143. The fourth-order valence-electron chi connectivity index (χ4n) is 1.19. The van der Waals surface area contributed by atoms with Gasteiger partial charge in [0, 0.05) is 4.88 Å². The van der Waals surface area contributed by atoms with Crippen LogP contribution in [0.2, 0.25) is 5.15 Å². The van der Waals surface area contributed by atoms with Crippen molar-refractivity contribution in [2.45, 2.75) is 19.9 Å². The van der Waals surface area contributed by atoms with E-state index in [4.69, 9.17) is 22.1 Å². The molecule has 90 valence electrons. The van der Waals surface area contributed by atoms with Crippen molar-refractivity contribution in [3.63, 3.8) is 0 Å². The van der Waals surface area contributed by atoms with E-state index < -0.39 is 5.97 Å². The number of halogens is 1. The van der Waals surface area contributed by atoms with E-state index in [1.54, 1.807) is 6.92 Å². The Kier molecular flexibility index (Phi) is 4.98. The minimum absolute atomic E-state index is 0.146. The van der Waals surface area contributed by atoms with Crippen LogP contribution >= 0.6 is 22.9 Å². The molecule has 0 radical (unpaired) electrons. The highest BCUT2D eigenvalue weighted by atomic mass is 35.5. The Morgan fingerprint density at radius 2 is 2.31 bits per heavy atom. The van der Waals surface area contributed by atoms with Crippen molar-refractivity contribution in [2.75, 3.05) is 13.2 Å². The number of esters is 1. The third kappa shape index (κ3) is 3.07. The van der Waals surface area contributed by atoms with Crippen molar-refractivity contribution in [3.05, 3.63) is 19.7 Å². The number of ether oxygens (including phenoxy) is 1. The van der Waals surface area contributed by atoms with E-state index in [1.165, 1.54) is 4.57 Å². The molecule has 0 saturated heterocycles. The first kappa shape index (κ1) is 13.2. The monoisotopic (exact) mass is 264 g/mol. The molecule has 16 heavy (non-hydrogen) atoms. The molecule has 0 saturated carbocycles. The van der Waals surface area contributed by atoms with Gasteiger partial charge < -0.3 is 10.5 Å². The third-order valence-electron chi connectivity index (χ3n) is 1.86. The van der Waals surface area contributed by atoms with E-state index >= 15 is 0 Å². The van der Waals surface area contributed by atoms with Crippen LogP contribution in [0.25, 0.3) is 0 Å². The highest BCUT2D eigenvalue weighted by molar-refractivity contribution is 7.09. The van der Waals surface area contributed by atoms with Gasteiger partial charge in [0.1, 0.15) is 11.7 Å². The molecule has 0 amide bonds. The van der Waals surface area contributed by atoms with Crippen LogP contribution in [-0.2, 0) is 22.5 Å². The molecule has 0 aliphatic carbocycles. The zero-order valence-electron chi connectivity index (χ0n) is 8.86. The summed E-state index contributed by atoms with van der Waals surface area (Å²) < 4.78 is 5.95. The van der Waals surface area contributed by atoms with Crippen LogP contribution in [0.3, 0.4) is 0 Å². The largest absolute Gasteiger partial charge is 0.465 e. The van der Waals surface area contributed by atoms with Gasteiger partial charge in [-0.1, -0.05) is 22.9 Å². The molecule has 0 aliphatic rings. The zero-order chi connectivity index (χ0) is 12.1. The van der Waals surface area contributed by atoms with Crippen LogP contribution in [0.4, 0.5) is 0 Å². The molecule has 5 nitrogen and oxygen atoms in total. The summed E-state index contributed by atoms with van der Waals surface area (Å²) in [4.78, 5) is 23.2. The number of thiazole rings is 1. The summed E-state index contributed by atoms with van der Waals surface area (Å²) in [6.45, 7) is 2.26. The maximum Gasteiger partial charge on any atom is 0.326 e. The molecule has 2 N–H and O–H groups in total. The van der Waals surface area contributed by atoms with Crippen LogP contribution < -0.4 is 10.6 Å². The summed E-state index contributed by atoms with van der Waals surface area (Å²) in [6.07, 6.45) is 0.536. The molecule has 1 aromatic heterocycles. The Morgan fingerprint density at radius 1 is 1.62 bits per heavy atom. The van der Waals surface area contributed by atoms with E-state index in [2.05, 4.69) is 0 Å². The lowest BCUT2D eigenvalue weighted by Crippen LogP contribution is -2.21. The number of hydrogen-bond donors (Lipinski definition) is 1. The molecule has 0 unspecified atom stereocenters. The van der Waals surface area contributed by atoms with Crippen molar-refractivity contribution in [1.82, 2.24) is 4.57 Å². The second kappa shape index (κ2) is 6.03. The molecule has 1 rings (SSSR count). The molecule has 7 heteroatoms. The lowest BCUT2D eigenvalue weighted by Gasteiger charge is -2.03. The van der Waals surface area contributed by atoms with E-state index in [-0.39, 0.29) is 23.2 Å². The quantitative estimate of drug-likeness (QED) is 0.792. The minimum atomic E-state index is -0.469. The highest BCUT2D eigenvalue weighted by Crippen LogP contribution is 2.18. The van der Waals surface area contributed by atoms with Gasteiger partial charge in [-0.3, -0.25) is 14.2 Å². The molecule has 0 bridgehead atoms. The number of rotatable bonds is 5. The lowest BCUT2D eigenvalue weighted by atomic mass is 10.4. The van der Waals surface area contributed by atoms with Gasteiger partial charge in [0.15, 0.2) is 0 Å². The maximum absolute atomic E-state index is 11.5. The summed E-state index contributed by atoms with van der Waals surface area (Å²) in [7, 11) is 0. The first-order valence-corrected chi connectivity index (χ1v) is 6.03. The predicted molar refractivity (Wildman–Crippen MR) is 63.0 cm³/mol. The Bertz CT molecular complexity index is 427. The van der Waals surface area contributed by atoms with Gasteiger partial charge in [-0.2, -0.15) is 0 Å². The smallest absolute Gasteiger partial charge is 0.326 e. The van der Waals surface area contributed by atoms with Crippen molar-refractivity contribution < 1.29 is 9.53 Å². The van der Waals surface area contributed by atoms with E-state index in [1.807, 2.05) is 0 Å². The number of nitrogens with zero attached hydrogens (tertiary/aromatic N) is 1. The fraction of sp³-hybridized carbons (Fsp3) is 0.556. The summed E-state index contributed by atoms with van der Waals surface area (Å²) in [5.41, 5.74) is 5.38. The summed E-state index contributed by atoms with van der Waals surface area (Å²) in [5, 5.41) is 0.286. The molecule has 0 atom stereocenters. The summed E-state index contributed by atoms with van der Waals surface area (Å²) in [5.74, 6) is -0.469. The number of carbonyl (C=O) groups excluding carboxylic acids is 1. The van der Waals surface area contributed by atoms with E-state index in [0.717, 1.165) is 11.3 Å². The maximum atomic E-state index is 11.5. The first-order chi connectivity index (χ1) is 7.60. The minimum Gasteiger partial charge on any atom is -0.465 e. The van der Waals surface area contributed by atoms with Gasteiger partial charge in [-0.25, -0.2) is 0 Å². The van der Waals surface area contributed by atoms with Gasteiger partial charge in [0.2, 0.25) is 0 Å². The van der Waals surface area contributed by atoms with E-state index in [9.17, 15) is 9.59 Å². The van der Waals surface area contributed by atoms with Crippen LogP contribution in [0, 0.1) is 0 Å². The van der Waals surface area contributed by atoms with Crippen LogP contribution in [0.15, 0.2) is 4.79 Å². The molecular formula is C9H13ClN2O3S. The molecule has 0 aliphatic heterocycles. The van der Waals surface area contributed by atoms with Gasteiger partial charge in [0.25, 0.3) is 0 Å². The SMILES string of the molecule is CCOC(=O)Cn1c(Cl)c(CCN)sc1=O. The number of carbonyl (C=O) groups is 1. The molecule has 0 spiro atoms. The second-order valence-corrected chi connectivity index (χ2v) is 4.42. The van der Waals surface area contributed by atoms with Crippen LogP contribution in [0.5, 0.6) is 0 Å². The standard InChI is InChI=1S/C9H13ClN2O3S/c1-2-15-7(13)5-12-8(10)6(3-4-11)16-9(12)14/h2-5,11H2,1H3. The Morgan fingerprint density at radius 3 is 2.88 bits per heavy atom. The van der Waals surface area contributed by atoms with Crippen LogP contribution in [-0.4, -0.2) is 23.7 Å². The summed E-state index contributed by atoms with van der Waals surface area (Å²) >= 11 is 6.98. The van der Waals surface area contributed by atoms with Crippen molar-refractivity contribution in [3.8, 4) is 0 Å². The van der Waals surface area contributed by atoms with Crippen LogP contribution in [0.1, 0.15) is 11.8 Å². The van der Waals surface area contributed by atoms with Crippen molar-refractivity contribution in [2.24, 2.45) is 5.73 Å². The Labute approximate surface area is 102 Å². The molecular weight excluding hydrogens is 252 g/mol. The van der Waals surface area contributed by atoms with Gasteiger partial charge in [0.05, 0.1) is 6.61 Å². The second-order valence-electron chi connectivity index (χ2n) is 3.01. The van der Waals surface area contributed by atoms with Gasteiger partial charge in [-0.05, 0) is 19.9 Å².